The Bertz CT molecular complexity index is 1040. The number of thiazole rings is 1. The third-order valence-corrected chi connectivity index (χ3v) is 8.31. The Morgan fingerprint density at radius 3 is 2.86 bits per heavy atom. The van der Waals surface area contributed by atoms with Crippen LogP contribution in [0.4, 0.5) is 0 Å². The molecule has 1 unspecified atom stereocenters. The van der Waals surface area contributed by atoms with Gasteiger partial charge >= 0.3 is 5.97 Å². The van der Waals surface area contributed by atoms with Crippen molar-refractivity contribution in [3.63, 3.8) is 0 Å². The molecule has 0 aliphatic carbocycles. The van der Waals surface area contributed by atoms with Gasteiger partial charge in [0.05, 0.1) is 13.0 Å². The van der Waals surface area contributed by atoms with Crippen LogP contribution in [0.5, 0.6) is 0 Å². The lowest BCUT2D eigenvalue weighted by Crippen LogP contribution is -2.53. The summed E-state index contributed by atoms with van der Waals surface area (Å²) in [7, 11) is 0. The number of aromatic nitrogens is 1. The van der Waals surface area contributed by atoms with E-state index in [2.05, 4.69) is 20.6 Å². The van der Waals surface area contributed by atoms with Crippen LogP contribution in [0.2, 0.25) is 0 Å². The normalized spacial score (nSPS) is 25.9. The van der Waals surface area contributed by atoms with E-state index in [0.717, 1.165) is 0 Å². The molecule has 3 rings (SSSR count). The monoisotopic (exact) mass is 538 g/mol. The number of hydrogen-bond acceptors (Lipinski definition) is 10. The molecule has 0 saturated heterocycles. The lowest BCUT2D eigenvalue weighted by Gasteiger charge is -2.27. The van der Waals surface area contributed by atoms with Crippen molar-refractivity contribution in [2.24, 2.45) is 10.9 Å². The molecule has 2 N–H and O–H groups in total. The van der Waals surface area contributed by atoms with Gasteiger partial charge in [-0.1, -0.05) is 31.7 Å². The Morgan fingerprint density at radius 1 is 1.37 bits per heavy atom. The first-order chi connectivity index (χ1) is 16.6. The molecule has 0 spiro atoms. The topological polar surface area (TPSA) is 127 Å². The molecule has 190 valence electrons. The number of aliphatic imine (C=N–C) groups is 1. The average molecular weight is 539 g/mol. The number of nitrogens with zero attached hydrogens (tertiary/aromatic N) is 2. The standard InChI is InChI=1S/C23H30N4O5S3/c1-13(2)19-21(30)32-15(7-5-6-8-33-14(3)28)9-17(29)24-10-18-25-16(11-34-18)20-27-23(4,12-35-20)22(31)26-19/h5,7,11,13,15,19H,6,8-10,12H2,1-4H3,(H,24,29)(H,26,31)/b7-5+/t15-,19?,23+/m1/s1. The molecular formula is C23H30N4O5S3. The fourth-order valence-electron chi connectivity index (χ4n) is 3.35. The van der Waals surface area contributed by atoms with Crippen LogP contribution >= 0.6 is 34.9 Å². The minimum absolute atomic E-state index is 0.0283. The van der Waals surface area contributed by atoms with Crippen LogP contribution in [0, 0.1) is 5.92 Å². The van der Waals surface area contributed by atoms with Crippen molar-refractivity contribution < 1.29 is 23.9 Å². The summed E-state index contributed by atoms with van der Waals surface area (Å²) in [6.07, 6.45) is 3.16. The van der Waals surface area contributed by atoms with Gasteiger partial charge in [0, 0.05) is 23.8 Å². The first-order valence-electron chi connectivity index (χ1n) is 11.3. The highest BCUT2D eigenvalue weighted by molar-refractivity contribution is 8.14. The maximum Gasteiger partial charge on any atom is 0.329 e. The number of allylic oxidation sites excluding steroid dienone is 1. The number of thioether (sulfide) groups is 2. The van der Waals surface area contributed by atoms with E-state index in [0.29, 0.717) is 33.7 Å². The van der Waals surface area contributed by atoms with Crippen molar-refractivity contribution in [1.82, 2.24) is 15.6 Å². The second kappa shape index (κ2) is 12.2. The molecule has 2 aliphatic rings. The van der Waals surface area contributed by atoms with Crippen LogP contribution in [0.25, 0.3) is 0 Å². The van der Waals surface area contributed by atoms with Crippen LogP contribution in [-0.2, 0) is 30.5 Å². The highest BCUT2D eigenvalue weighted by Crippen LogP contribution is 2.32. The van der Waals surface area contributed by atoms with Crippen LogP contribution < -0.4 is 10.6 Å². The number of nitrogens with one attached hydrogen (secondary N) is 2. The number of ether oxygens (including phenoxy) is 1. The lowest BCUT2D eigenvalue weighted by atomic mass is 10.0. The predicted octanol–water partition coefficient (Wildman–Crippen LogP) is 2.69. The van der Waals surface area contributed by atoms with E-state index in [4.69, 9.17) is 4.74 Å². The SMILES string of the molecule is CC(=O)SCC/C=C/[C@@H]1CC(=O)NCc2nc(cs2)C2=N[C@@](C)(CS2)C(=O)NC(C(C)C)C(=O)O1. The molecule has 0 radical (unpaired) electrons. The van der Waals surface area contributed by atoms with Gasteiger partial charge in [-0.3, -0.25) is 19.4 Å². The van der Waals surface area contributed by atoms with Gasteiger partial charge in [0.25, 0.3) is 0 Å². The van der Waals surface area contributed by atoms with E-state index in [1.54, 1.807) is 19.1 Å². The van der Waals surface area contributed by atoms with Crippen LogP contribution in [-0.4, -0.2) is 62.1 Å². The van der Waals surface area contributed by atoms with E-state index in [1.165, 1.54) is 41.8 Å². The third kappa shape index (κ3) is 7.65. The number of esters is 1. The summed E-state index contributed by atoms with van der Waals surface area (Å²) in [6, 6.07) is -0.894. The van der Waals surface area contributed by atoms with Crippen LogP contribution in [0.1, 0.15) is 51.2 Å². The summed E-state index contributed by atoms with van der Waals surface area (Å²) in [5.41, 5.74) is -0.354. The number of cyclic esters (lactones) is 1. The summed E-state index contributed by atoms with van der Waals surface area (Å²) in [5, 5.41) is 8.93. The zero-order chi connectivity index (χ0) is 25.6. The van der Waals surface area contributed by atoms with Crippen molar-refractivity contribution in [2.75, 3.05) is 11.5 Å². The van der Waals surface area contributed by atoms with Gasteiger partial charge in [-0.2, -0.15) is 0 Å². The summed E-state index contributed by atoms with van der Waals surface area (Å²) >= 11 is 4.05. The Kier molecular flexibility index (Phi) is 9.54. The molecule has 0 saturated carbocycles. The second-order valence-electron chi connectivity index (χ2n) is 8.81. The molecule has 0 fully saturated rings. The van der Waals surface area contributed by atoms with Crippen molar-refractivity contribution >= 4 is 62.8 Å². The second-order valence-corrected chi connectivity index (χ2v) is 12.0. The lowest BCUT2D eigenvalue weighted by molar-refractivity contribution is -0.153. The van der Waals surface area contributed by atoms with Crippen LogP contribution in [0.15, 0.2) is 22.5 Å². The molecule has 1 aromatic heterocycles. The van der Waals surface area contributed by atoms with Crippen molar-refractivity contribution in [1.29, 1.82) is 0 Å². The predicted molar refractivity (Wildman–Crippen MR) is 140 cm³/mol. The van der Waals surface area contributed by atoms with E-state index in [9.17, 15) is 19.2 Å². The van der Waals surface area contributed by atoms with E-state index in [-0.39, 0.29) is 35.8 Å². The summed E-state index contributed by atoms with van der Waals surface area (Å²) in [5.74, 6) is -0.472. The summed E-state index contributed by atoms with van der Waals surface area (Å²) < 4.78 is 5.68. The fraction of sp³-hybridized carbons (Fsp3) is 0.565. The molecule has 2 aliphatic heterocycles. The molecule has 4 bridgehead atoms. The zero-order valence-corrected chi connectivity index (χ0v) is 22.6. The Morgan fingerprint density at radius 2 is 2.14 bits per heavy atom. The number of amides is 2. The average Bonchev–Trinajstić information content (AvgIpc) is 3.42. The summed E-state index contributed by atoms with van der Waals surface area (Å²) in [6.45, 7) is 7.13. The van der Waals surface area contributed by atoms with Crippen molar-refractivity contribution in [2.45, 2.75) is 64.8 Å². The van der Waals surface area contributed by atoms with Gasteiger partial charge in [-0.05, 0) is 25.3 Å². The molecule has 12 heteroatoms. The maximum absolute atomic E-state index is 13.2. The Labute approximate surface area is 217 Å². The van der Waals surface area contributed by atoms with Gasteiger partial charge in [0.1, 0.15) is 33.4 Å². The molecule has 3 atom stereocenters. The van der Waals surface area contributed by atoms with Gasteiger partial charge in [-0.25, -0.2) is 9.78 Å². The number of carbonyl (C=O) groups is 4. The molecule has 2 amide bonds. The van der Waals surface area contributed by atoms with E-state index in [1.807, 2.05) is 19.2 Å². The minimum Gasteiger partial charge on any atom is -0.456 e. The number of hydrogen-bond donors (Lipinski definition) is 2. The molecular weight excluding hydrogens is 508 g/mol. The molecule has 0 aromatic carbocycles. The van der Waals surface area contributed by atoms with Gasteiger partial charge < -0.3 is 15.4 Å². The Balaban J connectivity index is 1.84. The first-order valence-corrected chi connectivity index (χ1v) is 14.2. The maximum atomic E-state index is 13.2. The number of fused-ring (bicyclic) bond motifs is 4. The number of rotatable bonds is 5. The van der Waals surface area contributed by atoms with Crippen LogP contribution in [0.3, 0.4) is 0 Å². The quantitative estimate of drug-likeness (QED) is 0.333. The largest absolute Gasteiger partial charge is 0.456 e. The smallest absolute Gasteiger partial charge is 0.329 e. The highest BCUT2D eigenvalue weighted by Gasteiger charge is 2.41. The minimum atomic E-state index is -1.03. The van der Waals surface area contributed by atoms with Crippen molar-refractivity contribution in [3.05, 3.63) is 28.2 Å². The van der Waals surface area contributed by atoms with Crippen molar-refractivity contribution in [3.8, 4) is 0 Å². The summed E-state index contributed by atoms with van der Waals surface area (Å²) in [4.78, 5) is 59.2. The van der Waals surface area contributed by atoms with Gasteiger partial charge in [0.15, 0.2) is 5.12 Å². The molecule has 35 heavy (non-hydrogen) atoms. The molecule has 3 heterocycles. The zero-order valence-electron chi connectivity index (χ0n) is 20.2. The molecule has 9 nitrogen and oxygen atoms in total. The van der Waals surface area contributed by atoms with E-state index < -0.39 is 23.7 Å². The first kappa shape index (κ1) is 27.4. The number of carbonyl (C=O) groups excluding carboxylic acids is 4. The highest BCUT2D eigenvalue weighted by atomic mass is 32.2. The molecule has 1 aromatic rings. The van der Waals surface area contributed by atoms with Gasteiger partial charge in [-0.15, -0.1) is 23.1 Å². The Hall–Kier alpha value is -2.18. The van der Waals surface area contributed by atoms with E-state index >= 15 is 0 Å². The fourth-order valence-corrected chi connectivity index (χ4v) is 5.82. The van der Waals surface area contributed by atoms with Gasteiger partial charge in [0.2, 0.25) is 11.8 Å². The third-order valence-electron chi connectivity index (χ3n) is 5.34.